The van der Waals surface area contributed by atoms with Gasteiger partial charge >= 0.3 is 0 Å². The fraction of sp³-hybridized carbons (Fsp3) is 0.308. The fourth-order valence-corrected chi connectivity index (χ4v) is 4.04. The molecule has 2 aromatic rings. The topological polar surface area (TPSA) is 39.1 Å². The molecule has 5 heteroatoms. The van der Waals surface area contributed by atoms with E-state index in [0.717, 1.165) is 0 Å². The van der Waals surface area contributed by atoms with E-state index >= 15 is 0 Å². The maximum Gasteiger partial charge on any atom is 0.250 e. The molecule has 0 bridgehead atoms. The van der Waals surface area contributed by atoms with Crippen molar-refractivity contribution in [1.82, 2.24) is 4.57 Å². The summed E-state index contributed by atoms with van der Waals surface area (Å²) in [5.74, 6) is -0.458. The largest absolute Gasteiger partial charge is 0.319 e. The molecule has 0 aliphatic heterocycles. The van der Waals surface area contributed by atoms with Crippen molar-refractivity contribution in [2.75, 3.05) is 13.3 Å². The van der Waals surface area contributed by atoms with Crippen LogP contribution in [0.15, 0.2) is 23.0 Å². The van der Waals surface area contributed by atoms with Gasteiger partial charge in [-0.25, -0.2) is 4.39 Å². The zero-order valence-corrected chi connectivity index (χ0v) is 11.7. The second-order valence-electron chi connectivity index (χ2n) is 4.87. The fourth-order valence-electron chi connectivity index (χ4n) is 2.37. The van der Waals surface area contributed by atoms with Crippen LogP contribution in [0.3, 0.4) is 0 Å². The molecule has 0 atom stereocenters. The Bertz CT molecular complexity index is 743. The summed E-state index contributed by atoms with van der Waals surface area (Å²) >= 11 is 0. The Hall–Kier alpha value is -1.41. The highest BCUT2D eigenvalue weighted by Crippen LogP contribution is 2.39. The molecule has 1 aromatic heterocycles. The lowest BCUT2D eigenvalue weighted by molar-refractivity contribution is 0.588. The standard InChI is InChI=1S/C13H15FNO2P/c1-8-7-10(14)12-9(13(8)18(3,4)17)5-6-11(16)15(12)2/h5-7H,1-4H3. The Kier molecular flexibility index (Phi) is 2.94. The van der Waals surface area contributed by atoms with Crippen LogP contribution in [0.25, 0.3) is 10.9 Å². The molecule has 1 aromatic carbocycles. The minimum absolute atomic E-state index is 0.215. The number of pyridine rings is 1. The average Bonchev–Trinajstić information content (AvgIpc) is 2.20. The minimum Gasteiger partial charge on any atom is -0.319 e. The van der Waals surface area contributed by atoms with Crippen molar-refractivity contribution in [3.8, 4) is 0 Å². The molecule has 0 spiro atoms. The van der Waals surface area contributed by atoms with Gasteiger partial charge in [0.25, 0.3) is 5.56 Å². The first-order valence-corrected chi connectivity index (χ1v) is 8.18. The molecule has 0 saturated heterocycles. The van der Waals surface area contributed by atoms with E-state index in [9.17, 15) is 13.8 Å². The summed E-state index contributed by atoms with van der Waals surface area (Å²) in [7, 11) is -1.02. The van der Waals surface area contributed by atoms with Gasteiger partial charge in [0.1, 0.15) is 13.0 Å². The highest BCUT2D eigenvalue weighted by atomic mass is 31.2. The number of fused-ring (bicyclic) bond motifs is 1. The Morgan fingerprint density at radius 1 is 1.28 bits per heavy atom. The Balaban J connectivity index is 3.12. The van der Waals surface area contributed by atoms with Gasteiger partial charge in [-0.1, -0.05) is 0 Å². The van der Waals surface area contributed by atoms with E-state index in [1.165, 1.54) is 23.7 Å². The molecule has 0 saturated carbocycles. The van der Waals surface area contributed by atoms with E-state index in [0.29, 0.717) is 16.3 Å². The zero-order chi connectivity index (χ0) is 13.7. The predicted octanol–water partition coefficient (Wildman–Crippen LogP) is 2.23. The molecular formula is C13H15FNO2P. The Labute approximate surface area is 105 Å². The smallest absolute Gasteiger partial charge is 0.250 e. The summed E-state index contributed by atoms with van der Waals surface area (Å²) < 4.78 is 27.6. The molecule has 18 heavy (non-hydrogen) atoms. The highest BCUT2D eigenvalue weighted by Gasteiger charge is 2.21. The molecule has 96 valence electrons. The van der Waals surface area contributed by atoms with Crippen molar-refractivity contribution < 1.29 is 8.96 Å². The lowest BCUT2D eigenvalue weighted by atomic mass is 10.1. The van der Waals surface area contributed by atoms with Gasteiger partial charge in [0, 0.05) is 23.8 Å². The third-order valence-corrected chi connectivity index (χ3v) is 4.72. The van der Waals surface area contributed by atoms with Gasteiger partial charge in [-0.05, 0) is 37.9 Å². The number of nitrogens with zero attached hydrogens (tertiary/aromatic N) is 1. The van der Waals surface area contributed by atoms with Crippen LogP contribution >= 0.6 is 7.14 Å². The number of aromatic nitrogens is 1. The van der Waals surface area contributed by atoms with Crippen LogP contribution in [0.5, 0.6) is 0 Å². The molecule has 0 N–H and O–H groups in total. The molecule has 0 aliphatic rings. The van der Waals surface area contributed by atoms with Gasteiger partial charge in [0.2, 0.25) is 0 Å². The zero-order valence-electron chi connectivity index (χ0n) is 10.8. The third-order valence-electron chi connectivity index (χ3n) is 3.05. The summed E-state index contributed by atoms with van der Waals surface area (Å²) in [6, 6.07) is 4.28. The Morgan fingerprint density at radius 2 is 1.89 bits per heavy atom. The summed E-state index contributed by atoms with van der Waals surface area (Å²) in [6.07, 6.45) is 0. The highest BCUT2D eigenvalue weighted by molar-refractivity contribution is 7.70. The van der Waals surface area contributed by atoms with E-state index in [-0.39, 0.29) is 11.1 Å². The normalized spacial score (nSPS) is 12.1. The van der Waals surface area contributed by atoms with E-state index < -0.39 is 13.0 Å². The van der Waals surface area contributed by atoms with Gasteiger partial charge in [0.05, 0.1) is 5.52 Å². The van der Waals surface area contributed by atoms with Gasteiger partial charge in [-0.15, -0.1) is 0 Å². The van der Waals surface area contributed by atoms with Crippen LogP contribution in [0.2, 0.25) is 0 Å². The van der Waals surface area contributed by atoms with Crippen molar-refractivity contribution in [3.05, 3.63) is 39.9 Å². The molecule has 2 rings (SSSR count). The van der Waals surface area contributed by atoms with Crippen molar-refractivity contribution in [2.24, 2.45) is 7.05 Å². The number of hydrogen-bond acceptors (Lipinski definition) is 2. The quantitative estimate of drug-likeness (QED) is 0.743. The van der Waals surface area contributed by atoms with Gasteiger partial charge in [0.15, 0.2) is 0 Å². The van der Waals surface area contributed by atoms with E-state index in [4.69, 9.17) is 0 Å². The number of aryl methyl sites for hydroxylation is 2. The number of benzene rings is 1. The number of halogens is 1. The van der Waals surface area contributed by atoms with Crippen LogP contribution in [0.4, 0.5) is 4.39 Å². The number of rotatable bonds is 1. The van der Waals surface area contributed by atoms with Crippen molar-refractivity contribution in [2.45, 2.75) is 6.92 Å². The SMILES string of the molecule is Cc1cc(F)c2c(ccc(=O)n2C)c1P(C)(C)=O. The molecular weight excluding hydrogens is 252 g/mol. The maximum absolute atomic E-state index is 14.0. The first-order valence-electron chi connectivity index (χ1n) is 5.58. The molecule has 0 aliphatic carbocycles. The van der Waals surface area contributed by atoms with Crippen LogP contribution in [-0.4, -0.2) is 17.9 Å². The van der Waals surface area contributed by atoms with Crippen LogP contribution in [0, 0.1) is 12.7 Å². The third kappa shape index (κ3) is 1.91. The van der Waals surface area contributed by atoms with Crippen LogP contribution < -0.4 is 10.9 Å². The first-order chi connectivity index (χ1) is 8.23. The average molecular weight is 267 g/mol. The summed E-state index contributed by atoms with van der Waals surface area (Å²) in [5.41, 5.74) is 0.595. The second-order valence-corrected chi connectivity index (χ2v) is 8.02. The van der Waals surface area contributed by atoms with E-state index in [2.05, 4.69) is 0 Å². The monoisotopic (exact) mass is 267 g/mol. The summed E-state index contributed by atoms with van der Waals surface area (Å²) in [4.78, 5) is 11.6. The molecule has 0 unspecified atom stereocenters. The lowest BCUT2D eigenvalue weighted by Crippen LogP contribution is -2.20. The van der Waals surface area contributed by atoms with Crippen molar-refractivity contribution in [3.63, 3.8) is 0 Å². The molecule has 3 nitrogen and oxygen atoms in total. The van der Waals surface area contributed by atoms with Crippen LogP contribution in [-0.2, 0) is 11.6 Å². The molecule has 0 radical (unpaired) electrons. The van der Waals surface area contributed by atoms with Crippen molar-refractivity contribution >= 4 is 23.3 Å². The minimum atomic E-state index is -2.54. The molecule has 0 fully saturated rings. The summed E-state index contributed by atoms with van der Waals surface area (Å²) in [5, 5.41) is 1.21. The maximum atomic E-state index is 14.0. The predicted molar refractivity (Wildman–Crippen MR) is 73.0 cm³/mol. The van der Waals surface area contributed by atoms with E-state index in [1.54, 1.807) is 26.3 Å². The summed E-state index contributed by atoms with van der Waals surface area (Å²) in [6.45, 7) is 5.04. The second kappa shape index (κ2) is 4.06. The molecule has 1 heterocycles. The van der Waals surface area contributed by atoms with Gasteiger partial charge in [-0.2, -0.15) is 0 Å². The number of hydrogen-bond donors (Lipinski definition) is 0. The Morgan fingerprint density at radius 3 is 2.44 bits per heavy atom. The first kappa shape index (κ1) is 13.0. The molecule has 0 amide bonds. The van der Waals surface area contributed by atoms with Crippen molar-refractivity contribution in [1.29, 1.82) is 0 Å². The lowest BCUT2D eigenvalue weighted by Gasteiger charge is -2.16. The van der Waals surface area contributed by atoms with Gasteiger partial charge in [-0.3, -0.25) is 4.79 Å². The van der Waals surface area contributed by atoms with Crippen LogP contribution in [0.1, 0.15) is 5.56 Å². The van der Waals surface area contributed by atoms with E-state index in [1.807, 2.05) is 0 Å². The van der Waals surface area contributed by atoms with Gasteiger partial charge < -0.3 is 9.13 Å².